The Labute approximate surface area is 211 Å². The van der Waals surface area contributed by atoms with E-state index in [0.717, 1.165) is 49.9 Å². The number of halogens is 1. The monoisotopic (exact) mass is 492 g/mol. The number of benzene rings is 3. The van der Waals surface area contributed by atoms with Crippen LogP contribution in [-0.2, 0) is 13.0 Å². The molecule has 4 rings (SSSR count). The molecule has 0 saturated carbocycles. The van der Waals surface area contributed by atoms with Gasteiger partial charge in [0, 0.05) is 54.7 Å². The number of nitrogens with zero attached hydrogens (tertiary/aromatic N) is 2. The van der Waals surface area contributed by atoms with Gasteiger partial charge >= 0.3 is 0 Å². The van der Waals surface area contributed by atoms with E-state index in [9.17, 15) is 4.79 Å². The Morgan fingerprint density at radius 2 is 1.62 bits per heavy atom. The van der Waals surface area contributed by atoms with Gasteiger partial charge in [-0.3, -0.25) is 15.0 Å². The minimum atomic E-state index is -0.216. The van der Waals surface area contributed by atoms with Crippen molar-refractivity contribution in [1.82, 2.24) is 10.2 Å². The fraction of sp³-hybridized carbons (Fsp3) is 0.259. The maximum atomic E-state index is 12.4. The van der Waals surface area contributed by atoms with Crippen molar-refractivity contribution in [2.45, 2.75) is 19.9 Å². The Bertz CT molecular complexity index is 1130. The third-order valence-electron chi connectivity index (χ3n) is 6.07. The van der Waals surface area contributed by atoms with Gasteiger partial charge in [-0.05, 0) is 72.2 Å². The van der Waals surface area contributed by atoms with Crippen LogP contribution >= 0.6 is 23.8 Å². The number of hydrogen-bond acceptors (Lipinski definition) is 4. The quantitative estimate of drug-likeness (QED) is 0.454. The van der Waals surface area contributed by atoms with Gasteiger partial charge in [0.1, 0.15) is 0 Å². The lowest BCUT2D eigenvalue weighted by Crippen LogP contribution is -2.46. The van der Waals surface area contributed by atoms with E-state index < -0.39 is 0 Å². The summed E-state index contributed by atoms with van der Waals surface area (Å²) < 4.78 is 0. The maximum absolute atomic E-state index is 12.4. The largest absolute Gasteiger partial charge is 0.369 e. The summed E-state index contributed by atoms with van der Waals surface area (Å²) in [6, 6.07) is 23.7. The van der Waals surface area contributed by atoms with Gasteiger partial charge in [0.25, 0.3) is 5.91 Å². The van der Waals surface area contributed by atoms with Crippen LogP contribution in [0.5, 0.6) is 0 Å². The number of amides is 1. The van der Waals surface area contributed by atoms with Crippen molar-refractivity contribution >= 4 is 46.2 Å². The number of anilines is 2. The highest BCUT2D eigenvalue weighted by Gasteiger charge is 2.18. The summed E-state index contributed by atoms with van der Waals surface area (Å²) in [6.45, 7) is 6.86. The molecule has 1 saturated heterocycles. The van der Waals surface area contributed by atoms with Crippen molar-refractivity contribution < 1.29 is 4.79 Å². The molecule has 7 heteroatoms. The van der Waals surface area contributed by atoms with Gasteiger partial charge < -0.3 is 10.2 Å². The molecule has 0 spiro atoms. The van der Waals surface area contributed by atoms with Crippen LogP contribution in [0.25, 0.3) is 0 Å². The van der Waals surface area contributed by atoms with Gasteiger partial charge in [0.2, 0.25) is 0 Å². The van der Waals surface area contributed by atoms with E-state index in [1.54, 1.807) is 0 Å². The van der Waals surface area contributed by atoms with Crippen molar-refractivity contribution in [3.05, 3.63) is 94.5 Å². The van der Waals surface area contributed by atoms with Crippen molar-refractivity contribution in [2.24, 2.45) is 0 Å². The highest BCUT2D eigenvalue weighted by molar-refractivity contribution is 7.80. The van der Waals surface area contributed by atoms with Crippen LogP contribution in [0.4, 0.5) is 11.4 Å². The van der Waals surface area contributed by atoms with E-state index in [1.807, 2.05) is 54.6 Å². The summed E-state index contributed by atoms with van der Waals surface area (Å²) in [7, 11) is 0. The van der Waals surface area contributed by atoms with Crippen molar-refractivity contribution in [3.63, 3.8) is 0 Å². The van der Waals surface area contributed by atoms with Crippen LogP contribution in [-0.4, -0.2) is 42.1 Å². The standard InChI is InChI=1S/C27H29ClN4OS/c1-2-20-7-9-21(10-8-20)26(33)30-27(34)29-23-11-13-24(14-12-23)32-17-15-31(16-18-32)19-22-5-3-4-6-25(22)28/h3-14H,2,15-19H2,1H3,(H2,29,30,33,34). The molecule has 0 radical (unpaired) electrons. The first kappa shape index (κ1) is 24.2. The predicted molar refractivity (Wildman–Crippen MR) is 145 cm³/mol. The van der Waals surface area contributed by atoms with Gasteiger partial charge in [0.05, 0.1) is 0 Å². The summed E-state index contributed by atoms with van der Waals surface area (Å²) >= 11 is 11.6. The number of thiocarbonyl (C=S) groups is 1. The normalized spacial score (nSPS) is 14.0. The van der Waals surface area contributed by atoms with E-state index in [1.165, 1.54) is 16.8 Å². The smallest absolute Gasteiger partial charge is 0.257 e. The lowest BCUT2D eigenvalue weighted by molar-refractivity contribution is 0.0977. The third-order valence-corrected chi connectivity index (χ3v) is 6.64. The fourth-order valence-corrected chi connectivity index (χ4v) is 4.42. The topological polar surface area (TPSA) is 47.6 Å². The molecule has 5 nitrogen and oxygen atoms in total. The molecular weight excluding hydrogens is 464 g/mol. The van der Waals surface area contributed by atoms with Gasteiger partial charge in [-0.15, -0.1) is 0 Å². The van der Waals surface area contributed by atoms with Crippen molar-refractivity contribution in [3.8, 4) is 0 Å². The summed E-state index contributed by atoms with van der Waals surface area (Å²) in [4.78, 5) is 17.2. The summed E-state index contributed by atoms with van der Waals surface area (Å²) in [5.41, 5.74) is 4.97. The van der Waals surface area contributed by atoms with Crippen LogP contribution in [0.2, 0.25) is 5.02 Å². The number of aryl methyl sites for hydroxylation is 1. The molecule has 3 aromatic carbocycles. The molecular formula is C27H29ClN4OS. The van der Waals surface area contributed by atoms with E-state index in [4.69, 9.17) is 23.8 Å². The van der Waals surface area contributed by atoms with Crippen molar-refractivity contribution in [1.29, 1.82) is 0 Å². The maximum Gasteiger partial charge on any atom is 0.257 e. The minimum absolute atomic E-state index is 0.216. The molecule has 1 amide bonds. The summed E-state index contributed by atoms with van der Waals surface area (Å²) in [5.74, 6) is -0.216. The Balaban J connectivity index is 1.25. The van der Waals surface area contributed by atoms with E-state index in [-0.39, 0.29) is 11.0 Å². The van der Waals surface area contributed by atoms with E-state index >= 15 is 0 Å². The lowest BCUT2D eigenvalue weighted by Gasteiger charge is -2.36. The first-order valence-corrected chi connectivity index (χ1v) is 12.3. The first-order valence-electron chi connectivity index (χ1n) is 11.5. The third kappa shape index (κ3) is 6.35. The molecule has 1 aliphatic heterocycles. The van der Waals surface area contributed by atoms with Crippen LogP contribution in [0.3, 0.4) is 0 Å². The van der Waals surface area contributed by atoms with Crippen LogP contribution in [0.1, 0.15) is 28.4 Å². The van der Waals surface area contributed by atoms with Crippen LogP contribution < -0.4 is 15.5 Å². The summed E-state index contributed by atoms with van der Waals surface area (Å²) in [6.07, 6.45) is 0.941. The minimum Gasteiger partial charge on any atom is -0.369 e. The zero-order valence-corrected chi connectivity index (χ0v) is 20.8. The lowest BCUT2D eigenvalue weighted by atomic mass is 10.1. The van der Waals surface area contributed by atoms with Gasteiger partial charge in [-0.2, -0.15) is 0 Å². The molecule has 1 fully saturated rings. The number of rotatable bonds is 6. The second-order valence-electron chi connectivity index (χ2n) is 8.36. The predicted octanol–water partition coefficient (Wildman–Crippen LogP) is 5.35. The molecule has 1 heterocycles. The second-order valence-corrected chi connectivity index (χ2v) is 9.18. The molecule has 1 aliphatic rings. The van der Waals surface area contributed by atoms with Crippen molar-refractivity contribution in [2.75, 3.05) is 36.4 Å². The average molecular weight is 493 g/mol. The van der Waals surface area contributed by atoms with Crippen LogP contribution in [0, 0.1) is 0 Å². The SMILES string of the molecule is CCc1ccc(C(=O)NC(=S)Nc2ccc(N3CCN(Cc4ccccc4Cl)CC3)cc2)cc1. The molecule has 0 unspecified atom stereocenters. The van der Waals surface area contributed by atoms with Gasteiger partial charge in [-0.1, -0.05) is 48.9 Å². The molecule has 0 atom stereocenters. The number of carbonyl (C=O) groups excluding carboxylic acids is 1. The second kappa shape index (κ2) is 11.5. The Morgan fingerprint density at radius 1 is 0.941 bits per heavy atom. The first-order chi connectivity index (χ1) is 16.5. The zero-order valence-electron chi connectivity index (χ0n) is 19.3. The molecule has 0 aromatic heterocycles. The fourth-order valence-electron chi connectivity index (χ4n) is 4.02. The van der Waals surface area contributed by atoms with Gasteiger partial charge in [0.15, 0.2) is 5.11 Å². The van der Waals surface area contributed by atoms with Gasteiger partial charge in [-0.25, -0.2) is 0 Å². The highest BCUT2D eigenvalue weighted by atomic mass is 35.5. The number of piperazine rings is 1. The Hall–Kier alpha value is -2.93. The summed E-state index contributed by atoms with van der Waals surface area (Å²) in [5, 5.41) is 6.95. The number of nitrogens with one attached hydrogen (secondary N) is 2. The zero-order chi connectivity index (χ0) is 23.9. The Morgan fingerprint density at radius 3 is 2.26 bits per heavy atom. The van der Waals surface area contributed by atoms with Crippen LogP contribution in [0.15, 0.2) is 72.8 Å². The highest BCUT2D eigenvalue weighted by Crippen LogP contribution is 2.22. The molecule has 3 aromatic rings. The molecule has 34 heavy (non-hydrogen) atoms. The number of carbonyl (C=O) groups is 1. The molecule has 0 aliphatic carbocycles. The molecule has 0 bridgehead atoms. The average Bonchev–Trinajstić information content (AvgIpc) is 2.86. The van der Waals surface area contributed by atoms with E-state index in [2.05, 4.69) is 45.6 Å². The Kier molecular flexibility index (Phi) is 8.16. The molecule has 2 N–H and O–H groups in total. The number of hydrogen-bond donors (Lipinski definition) is 2. The molecule has 176 valence electrons. The van der Waals surface area contributed by atoms with E-state index in [0.29, 0.717) is 5.56 Å².